The van der Waals surface area contributed by atoms with E-state index in [1.807, 2.05) is 54.6 Å². The maximum atomic E-state index is 12.0. The number of amides is 1. The summed E-state index contributed by atoms with van der Waals surface area (Å²) in [5, 5.41) is 5.85. The molecule has 0 aromatic heterocycles. The number of rotatable bonds is 7. The van der Waals surface area contributed by atoms with Crippen LogP contribution in [0, 0.1) is 0 Å². The van der Waals surface area contributed by atoms with Crippen LogP contribution in [0.5, 0.6) is 11.5 Å². The Morgan fingerprint density at radius 3 is 2.00 bits per heavy atom. The van der Waals surface area contributed by atoms with Gasteiger partial charge >= 0.3 is 0 Å². The Hall–Kier alpha value is -3.60. The number of nitrogens with one attached hydrogen (secondary N) is 2. The molecule has 3 rings (SSSR count). The zero-order chi connectivity index (χ0) is 19.1. The molecule has 0 atom stereocenters. The van der Waals surface area contributed by atoms with Crippen molar-refractivity contribution in [3.8, 4) is 11.5 Å². The van der Waals surface area contributed by atoms with Crippen LogP contribution in [0.2, 0.25) is 0 Å². The van der Waals surface area contributed by atoms with Crippen molar-refractivity contribution in [1.82, 2.24) is 0 Å². The summed E-state index contributed by atoms with van der Waals surface area (Å²) < 4.78 is 5.73. The van der Waals surface area contributed by atoms with Gasteiger partial charge in [0.25, 0.3) is 0 Å². The number of Topliss-reactive ketones (excluding diaryl/α,β-unsaturated/α-hetero) is 1. The fourth-order valence-electron chi connectivity index (χ4n) is 2.44. The summed E-state index contributed by atoms with van der Waals surface area (Å²) in [7, 11) is 0. The highest BCUT2D eigenvalue weighted by atomic mass is 16.5. The van der Waals surface area contributed by atoms with E-state index in [9.17, 15) is 9.59 Å². The van der Waals surface area contributed by atoms with Crippen molar-refractivity contribution in [2.24, 2.45) is 0 Å². The SMILES string of the molecule is CC(=O)c1ccc(NC(=O)CNc2ccc(Oc3ccccc3)cc2)cc1. The second-order valence-corrected chi connectivity index (χ2v) is 5.97. The van der Waals surface area contributed by atoms with Crippen LogP contribution in [-0.2, 0) is 4.79 Å². The largest absolute Gasteiger partial charge is 0.457 e. The Morgan fingerprint density at radius 2 is 1.37 bits per heavy atom. The predicted octanol–water partition coefficient (Wildman–Crippen LogP) is 4.73. The van der Waals surface area contributed by atoms with E-state index in [0.717, 1.165) is 17.2 Å². The van der Waals surface area contributed by atoms with Crippen LogP contribution in [0.15, 0.2) is 78.9 Å². The van der Waals surface area contributed by atoms with E-state index in [4.69, 9.17) is 4.74 Å². The fraction of sp³-hybridized carbons (Fsp3) is 0.0909. The van der Waals surface area contributed by atoms with Crippen molar-refractivity contribution in [3.05, 3.63) is 84.4 Å². The first-order valence-electron chi connectivity index (χ1n) is 8.58. The molecule has 0 spiro atoms. The second-order valence-electron chi connectivity index (χ2n) is 5.97. The van der Waals surface area contributed by atoms with Gasteiger partial charge in [0.05, 0.1) is 6.54 Å². The molecule has 3 aromatic rings. The van der Waals surface area contributed by atoms with E-state index in [1.165, 1.54) is 6.92 Å². The predicted molar refractivity (Wildman–Crippen MR) is 107 cm³/mol. The number of carbonyl (C=O) groups excluding carboxylic acids is 2. The minimum Gasteiger partial charge on any atom is -0.457 e. The second kappa shape index (κ2) is 8.67. The molecule has 0 bridgehead atoms. The molecular formula is C22H20N2O3. The van der Waals surface area contributed by atoms with Gasteiger partial charge in [-0.15, -0.1) is 0 Å². The van der Waals surface area contributed by atoms with Crippen LogP contribution in [0.1, 0.15) is 17.3 Å². The molecule has 2 N–H and O–H groups in total. The lowest BCUT2D eigenvalue weighted by molar-refractivity contribution is -0.114. The molecule has 0 aliphatic rings. The maximum absolute atomic E-state index is 12.0. The highest BCUT2D eigenvalue weighted by molar-refractivity contribution is 5.96. The number of hydrogen-bond donors (Lipinski definition) is 2. The van der Waals surface area contributed by atoms with Crippen molar-refractivity contribution in [2.75, 3.05) is 17.2 Å². The first-order chi connectivity index (χ1) is 13.1. The van der Waals surface area contributed by atoms with Crippen LogP contribution in [0.25, 0.3) is 0 Å². The molecule has 1 amide bonds. The quantitative estimate of drug-likeness (QED) is 0.598. The minimum absolute atomic E-state index is 0.00534. The zero-order valence-electron chi connectivity index (χ0n) is 14.9. The van der Waals surface area contributed by atoms with E-state index < -0.39 is 0 Å². The van der Waals surface area contributed by atoms with Crippen molar-refractivity contribution >= 4 is 23.1 Å². The van der Waals surface area contributed by atoms with Gasteiger partial charge in [-0.2, -0.15) is 0 Å². The molecule has 5 nitrogen and oxygen atoms in total. The van der Waals surface area contributed by atoms with Gasteiger partial charge in [-0.3, -0.25) is 9.59 Å². The average Bonchev–Trinajstić information content (AvgIpc) is 2.69. The van der Waals surface area contributed by atoms with E-state index in [2.05, 4.69) is 10.6 Å². The third kappa shape index (κ3) is 5.44. The molecule has 136 valence electrons. The molecule has 0 saturated carbocycles. The van der Waals surface area contributed by atoms with Crippen LogP contribution >= 0.6 is 0 Å². The molecule has 0 radical (unpaired) electrons. The average molecular weight is 360 g/mol. The van der Waals surface area contributed by atoms with Crippen LogP contribution in [-0.4, -0.2) is 18.2 Å². The minimum atomic E-state index is -0.171. The van der Waals surface area contributed by atoms with E-state index in [-0.39, 0.29) is 18.2 Å². The highest BCUT2D eigenvalue weighted by Crippen LogP contribution is 2.22. The molecular weight excluding hydrogens is 340 g/mol. The Labute approximate surface area is 158 Å². The van der Waals surface area contributed by atoms with Gasteiger partial charge in [0.15, 0.2) is 5.78 Å². The number of anilines is 2. The third-order valence-corrected chi connectivity index (χ3v) is 3.86. The lowest BCUT2D eigenvalue weighted by atomic mass is 10.1. The third-order valence-electron chi connectivity index (χ3n) is 3.86. The number of para-hydroxylation sites is 1. The summed E-state index contributed by atoms with van der Waals surface area (Å²) in [6.07, 6.45) is 0. The Morgan fingerprint density at radius 1 is 0.778 bits per heavy atom. The van der Waals surface area contributed by atoms with E-state index in [0.29, 0.717) is 11.3 Å². The van der Waals surface area contributed by atoms with Gasteiger partial charge < -0.3 is 15.4 Å². The van der Waals surface area contributed by atoms with Gasteiger partial charge in [-0.1, -0.05) is 18.2 Å². The number of benzene rings is 3. The first-order valence-corrected chi connectivity index (χ1v) is 8.58. The fourth-order valence-corrected chi connectivity index (χ4v) is 2.44. The standard InChI is InChI=1S/C22H20N2O3/c1-16(25)17-7-9-19(10-8-17)24-22(26)15-23-18-11-13-21(14-12-18)27-20-5-3-2-4-6-20/h2-14,23H,15H2,1H3,(H,24,26). The molecule has 27 heavy (non-hydrogen) atoms. The van der Waals surface area contributed by atoms with Crippen LogP contribution < -0.4 is 15.4 Å². The van der Waals surface area contributed by atoms with Gasteiger partial charge in [0.1, 0.15) is 11.5 Å². The molecule has 0 aliphatic heterocycles. The van der Waals surface area contributed by atoms with Crippen molar-refractivity contribution < 1.29 is 14.3 Å². The molecule has 0 unspecified atom stereocenters. The number of ether oxygens (including phenoxy) is 1. The van der Waals surface area contributed by atoms with Crippen molar-refractivity contribution in [2.45, 2.75) is 6.92 Å². The molecule has 5 heteroatoms. The van der Waals surface area contributed by atoms with Crippen LogP contribution in [0.3, 0.4) is 0 Å². The number of hydrogen-bond acceptors (Lipinski definition) is 4. The number of ketones is 1. The molecule has 0 heterocycles. The Balaban J connectivity index is 1.49. The summed E-state index contributed by atoms with van der Waals surface area (Å²) >= 11 is 0. The number of carbonyl (C=O) groups is 2. The topological polar surface area (TPSA) is 67.4 Å². The lowest BCUT2D eigenvalue weighted by Crippen LogP contribution is -2.21. The normalized spacial score (nSPS) is 10.1. The lowest BCUT2D eigenvalue weighted by Gasteiger charge is -2.09. The van der Waals surface area contributed by atoms with E-state index in [1.54, 1.807) is 24.3 Å². The van der Waals surface area contributed by atoms with E-state index >= 15 is 0 Å². The summed E-state index contributed by atoms with van der Waals surface area (Å²) in [6.45, 7) is 1.64. The van der Waals surface area contributed by atoms with Crippen molar-refractivity contribution in [3.63, 3.8) is 0 Å². The van der Waals surface area contributed by atoms with Crippen LogP contribution in [0.4, 0.5) is 11.4 Å². The smallest absolute Gasteiger partial charge is 0.243 e. The maximum Gasteiger partial charge on any atom is 0.243 e. The first kappa shape index (κ1) is 18.2. The molecule has 0 aliphatic carbocycles. The van der Waals surface area contributed by atoms with Crippen molar-refractivity contribution in [1.29, 1.82) is 0 Å². The Bertz CT molecular complexity index is 905. The summed E-state index contributed by atoms with van der Waals surface area (Å²) in [5.74, 6) is 1.32. The summed E-state index contributed by atoms with van der Waals surface area (Å²) in [4.78, 5) is 23.3. The molecule has 0 saturated heterocycles. The van der Waals surface area contributed by atoms with Gasteiger partial charge in [-0.05, 0) is 67.6 Å². The molecule has 0 fully saturated rings. The summed E-state index contributed by atoms with van der Waals surface area (Å²) in [5.41, 5.74) is 2.08. The molecule has 3 aromatic carbocycles. The Kier molecular flexibility index (Phi) is 5.84. The monoisotopic (exact) mass is 360 g/mol. The van der Waals surface area contributed by atoms with Gasteiger partial charge in [0, 0.05) is 16.9 Å². The zero-order valence-corrected chi connectivity index (χ0v) is 14.9. The van der Waals surface area contributed by atoms with Gasteiger partial charge in [0.2, 0.25) is 5.91 Å². The van der Waals surface area contributed by atoms with Gasteiger partial charge in [-0.25, -0.2) is 0 Å². The summed E-state index contributed by atoms with van der Waals surface area (Å²) in [6, 6.07) is 23.7. The highest BCUT2D eigenvalue weighted by Gasteiger charge is 2.04.